The predicted molar refractivity (Wildman–Crippen MR) is 79.8 cm³/mol. The monoisotopic (exact) mass is 277 g/mol. The summed E-state index contributed by atoms with van der Waals surface area (Å²) in [5.41, 5.74) is 0.481. The van der Waals surface area contributed by atoms with Crippen molar-refractivity contribution in [2.45, 2.75) is 32.1 Å². The summed E-state index contributed by atoms with van der Waals surface area (Å²) in [5, 5.41) is 23.9. The molecule has 0 amide bonds. The first-order valence-corrected chi connectivity index (χ1v) is 6.85. The van der Waals surface area contributed by atoms with Crippen LogP contribution in [0.25, 0.3) is 0 Å². The lowest BCUT2D eigenvalue weighted by molar-refractivity contribution is -0.384. The van der Waals surface area contributed by atoms with Gasteiger partial charge in [0, 0.05) is 11.6 Å². The maximum atomic E-state index is 11.0. The van der Waals surface area contributed by atoms with Crippen LogP contribution in [0, 0.1) is 10.1 Å². The van der Waals surface area contributed by atoms with Crippen LogP contribution >= 0.6 is 0 Å². The van der Waals surface area contributed by atoms with Crippen molar-refractivity contribution in [2.24, 2.45) is 0 Å². The van der Waals surface area contributed by atoms with E-state index in [2.05, 4.69) is 12.2 Å². The number of nitro benzene ring substituents is 1. The number of para-hydroxylation sites is 2. The maximum absolute atomic E-state index is 11.0. The molecule has 1 aromatic rings. The Balaban J connectivity index is 2.09. The molecule has 0 spiro atoms. The highest BCUT2D eigenvalue weighted by Crippen LogP contribution is 2.31. The third-order valence-corrected chi connectivity index (χ3v) is 3.97. The number of nitrogens with zero attached hydrogens (tertiary/aromatic N) is 2. The summed E-state index contributed by atoms with van der Waals surface area (Å²) in [6.07, 6.45) is 1.67. The molecule has 0 saturated carbocycles. The number of nitrogens with one attached hydrogen (secondary N) is 1. The molecule has 2 rings (SSSR count). The number of anilines is 1. The van der Waals surface area contributed by atoms with Gasteiger partial charge in [-0.2, -0.15) is 0 Å². The van der Waals surface area contributed by atoms with Crippen molar-refractivity contribution in [3.8, 4) is 0 Å². The van der Waals surface area contributed by atoms with E-state index in [4.69, 9.17) is 0 Å². The standard InChI is InChI=1S/C13H20BN3O3/c1-13(7-9-16(10-8-13)14(2)18)15-11-5-3-4-6-12(11)17(19)20/h3-6,15,18H,7-10H2,1-2H3. The second-order valence-electron chi connectivity index (χ2n) is 5.63. The molecule has 0 atom stereocenters. The molecule has 7 heteroatoms. The number of piperidine rings is 1. The molecule has 0 unspecified atom stereocenters. The van der Waals surface area contributed by atoms with Crippen molar-refractivity contribution in [3.63, 3.8) is 0 Å². The fourth-order valence-corrected chi connectivity index (χ4v) is 2.58. The summed E-state index contributed by atoms with van der Waals surface area (Å²) in [7, 11) is -0.439. The van der Waals surface area contributed by atoms with Gasteiger partial charge in [-0.05, 0) is 45.7 Å². The van der Waals surface area contributed by atoms with Gasteiger partial charge in [-0.15, -0.1) is 0 Å². The highest BCUT2D eigenvalue weighted by molar-refractivity contribution is 6.45. The molecular weight excluding hydrogens is 257 g/mol. The van der Waals surface area contributed by atoms with E-state index in [1.807, 2.05) is 4.81 Å². The van der Waals surface area contributed by atoms with E-state index in [9.17, 15) is 15.1 Å². The Labute approximate surface area is 119 Å². The van der Waals surface area contributed by atoms with Crippen molar-refractivity contribution in [2.75, 3.05) is 18.4 Å². The summed E-state index contributed by atoms with van der Waals surface area (Å²) in [4.78, 5) is 12.7. The van der Waals surface area contributed by atoms with Crippen LogP contribution < -0.4 is 5.32 Å². The molecular formula is C13H20BN3O3. The lowest BCUT2D eigenvalue weighted by atomic mass is 9.79. The van der Waals surface area contributed by atoms with Crippen LogP contribution in [-0.2, 0) is 0 Å². The second kappa shape index (κ2) is 5.81. The molecule has 6 nitrogen and oxygen atoms in total. The van der Waals surface area contributed by atoms with E-state index in [1.54, 1.807) is 25.0 Å². The number of benzene rings is 1. The zero-order chi connectivity index (χ0) is 14.8. The molecule has 1 fully saturated rings. The third kappa shape index (κ3) is 3.29. The van der Waals surface area contributed by atoms with E-state index in [1.165, 1.54) is 6.07 Å². The maximum Gasteiger partial charge on any atom is 0.376 e. The molecule has 1 aliphatic rings. The van der Waals surface area contributed by atoms with Gasteiger partial charge < -0.3 is 15.2 Å². The predicted octanol–water partition coefficient (Wildman–Crippen LogP) is 1.97. The second-order valence-corrected chi connectivity index (χ2v) is 5.63. The smallest absolute Gasteiger partial charge is 0.376 e. The van der Waals surface area contributed by atoms with Gasteiger partial charge in [-0.3, -0.25) is 10.1 Å². The van der Waals surface area contributed by atoms with Gasteiger partial charge in [-0.25, -0.2) is 0 Å². The van der Waals surface area contributed by atoms with Crippen molar-refractivity contribution in [1.29, 1.82) is 0 Å². The van der Waals surface area contributed by atoms with Gasteiger partial charge in [0.25, 0.3) is 5.69 Å². The van der Waals surface area contributed by atoms with Crippen LogP contribution in [0.15, 0.2) is 24.3 Å². The molecule has 0 aromatic heterocycles. The average Bonchev–Trinajstić information content (AvgIpc) is 2.39. The Morgan fingerprint density at radius 1 is 1.40 bits per heavy atom. The van der Waals surface area contributed by atoms with Gasteiger partial charge in [0.15, 0.2) is 0 Å². The fourth-order valence-electron chi connectivity index (χ4n) is 2.58. The first-order valence-electron chi connectivity index (χ1n) is 6.85. The van der Waals surface area contributed by atoms with E-state index >= 15 is 0 Å². The zero-order valence-corrected chi connectivity index (χ0v) is 11.9. The lowest BCUT2D eigenvalue weighted by Crippen LogP contribution is -2.51. The molecule has 108 valence electrons. The van der Waals surface area contributed by atoms with Crippen LogP contribution in [0.1, 0.15) is 19.8 Å². The van der Waals surface area contributed by atoms with Gasteiger partial charge in [-0.1, -0.05) is 12.1 Å². The Morgan fingerprint density at radius 3 is 2.55 bits per heavy atom. The molecule has 2 N–H and O–H groups in total. The van der Waals surface area contributed by atoms with Crippen LogP contribution in [0.2, 0.25) is 6.82 Å². The van der Waals surface area contributed by atoms with Crippen LogP contribution in [0.5, 0.6) is 0 Å². The lowest BCUT2D eigenvalue weighted by Gasteiger charge is -2.41. The van der Waals surface area contributed by atoms with Crippen molar-refractivity contribution in [1.82, 2.24) is 4.81 Å². The summed E-state index contributed by atoms with van der Waals surface area (Å²) < 4.78 is 0. The minimum absolute atomic E-state index is 0.103. The highest BCUT2D eigenvalue weighted by Gasteiger charge is 2.33. The topological polar surface area (TPSA) is 78.6 Å². The van der Waals surface area contributed by atoms with Crippen molar-refractivity contribution in [3.05, 3.63) is 34.4 Å². The minimum Gasteiger partial charge on any atom is -0.437 e. The number of rotatable bonds is 4. The highest BCUT2D eigenvalue weighted by atomic mass is 16.6. The quantitative estimate of drug-likeness (QED) is 0.499. The number of hydrogen-bond acceptors (Lipinski definition) is 5. The largest absolute Gasteiger partial charge is 0.437 e. The third-order valence-electron chi connectivity index (χ3n) is 3.97. The van der Waals surface area contributed by atoms with E-state index in [0.29, 0.717) is 5.69 Å². The summed E-state index contributed by atoms with van der Waals surface area (Å²) in [5.74, 6) is 0. The first-order chi connectivity index (χ1) is 9.41. The Kier molecular flexibility index (Phi) is 4.30. The zero-order valence-electron chi connectivity index (χ0n) is 11.9. The van der Waals surface area contributed by atoms with Crippen LogP contribution in [0.3, 0.4) is 0 Å². The average molecular weight is 277 g/mol. The molecule has 20 heavy (non-hydrogen) atoms. The number of hydrogen-bond donors (Lipinski definition) is 2. The van der Waals surface area contributed by atoms with Gasteiger partial charge in [0.2, 0.25) is 0 Å². The summed E-state index contributed by atoms with van der Waals surface area (Å²) in [6, 6.07) is 6.71. The molecule has 0 aliphatic carbocycles. The van der Waals surface area contributed by atoms with E-state index in [-0.39, 0.29) is 16.1 Å². The van der Waals surface area contributed by atoms with Crippen LogP contribution in [0.4, 0.5) is 11.4 Å². The first kappa shape index (κ1) is 14.8. The molecule has 1 aromatic carbocycles. The van der Waals surface area contributed by atoms with Crippen molar-refractivity contribution >= 4 is 18.4 Å². The van der Waals surface area contributed by atoms with Gasteiger partial charge in [0.05, 0.1) is 4.92 Å². The SMILES string of the molecule is CB(O)N1CCC(C)(Nc2ccccc2[N+](=O)[O-])CC1. The molecule has 1 aliphatic heterocycles. The Hall–Kier alpha value is -1.60. The van der Waals surface area contributed by atoms with E-state index in [0.717, 1.165) is 25.9 Å². The molecule has 1 saturated heterocycles. The molecule has 0 radical (unpaired) electrons. The summed E-state index contributed by atoms with van der Waals surface area (Å²) in [6.45, 7) is 5.39. The Bertz CT molecular complexity index is 488. The number of nitro groups is 1. The van der Waals surface area contributed by atoms with Crippen molar-refractivity contribution < 1.29 is 9.95 Å². The van der Waals surface area contributed by atoms with E-state index < -0.39 is 7.05 Å². The van der Waals surface area contributed by atoms with Crippen LogP contribution in [-0.4, -0.2) is 40.4 Å². The molecule has 0 bridgehead atoms. The Morgan fingerprint density at radius 2 is 2.00 bits per heavy atom. The fraction of sp³-hybridized carbons (Fsp3) is 0.538. The van der Waals surface area contributed by atoms with Gasteiger partial charge in [0.1, 0.15) is 5.69 Å². The van der Waals surface area contributed by atoms with Gasteiger partial charge >= 0.3 is 7.05 Å². The normalized spacial score (nSPS) is 18.6. The summed E-state index contributed by atoms with van der Waals surface area (Å²) >= 11 is 0. The molecule has 1 heterocycles. The minimum atomic E-state index is -0.439.